The molecule has 2 aromatic carbocycles. The standard InChI is InChI=1S/C29H36O5/c1-3-5-7-8-9-11-23-12-14-24(15-13-23)16-19-27(30)26-18-17-25(33-20-10-6-4-2)21-28(26)34-22-29(31)32/h6,10,12-19,21H,3-5,7-9,11,20,22H2,1-2H3,(H,31,32)/b10-6+,19-16+. The molecule has 0 spiro atoms. The molecule has 5 heteroatoms. The van der Waals surface area contributed by atoms with E-state index in [0.717, 1.165) is 18.4 Å². The number of carboxylic acid groups (broad SMARTS) is 1. The van der Waals surface area contributed by atoms with E-state index in [1.54, 1.807) is 24.3 Å². The zero-order valence-electron chi connectivity index (χ0n) is 20.3. The van der Waals surface area contributed by atoms with Crippen molar-refractivity contribution in [1.29, 1.82) is 0 Å². The molecule has 0 heterocycles. The molecule has 0 atom stereocenters. The number of carboxylic acids is 1. The van der Waals surface area contributed by atoms with E-state index >= 15 is 0 Å². The van der Waals surface area contributed by atoms with Gasteiger partial charge in [-0.15, -0.1) is 0 Å². The number of carbonyl (C=O) groups excluding carboxylic acids is 1. The molecule has 34 heavy (non-hydrogen) atoms. The van der Waals surface area contributed by atoms with Gasteiger partial charge in [-0.2, -0.15) is 0 Å². The summed E-state index contributed by atoms with van der Waals surface area (Å²) < 4.78 is 11.0. The third-order valence-electron chi connectivity index (χ3n) is 5.29. The highest BCUT2D eigenvalue weighted by Crippen LogP contribution is 2.26. The molecule has 5 nitrogen and oxygen atoms in total. The number of aryl methyl sites for hydroxylation is 1. The van der Waals surface area contributed by atoms with Crippen LogP contribution in [-0.4, -0.2) is 30.1 Å². The summed E-state index contributed by atoms with van der Waals surface area (Å²) in [6, 6.07) is 13.1. The maximum Gasteiger partial charge on any atom is 0.341 e. The van der Waals surface area contributed by atoms with Crippen molar-refractivity contribution in [3.63, 3.8) is 0 Å². The lowest BCUT2D eigenvalue weighted by atomic mass is 10.0. The highest BCUT2D eigenvalue weighted by atomic mass is 16.5. The average molecular weight is 465 g/mol. The van der Waals surface area contributed by atoms with Gasteiger partial charge in [0, 0.05) is 6.07 Å². The number of aliphatic carboxylic acids is 1. The molecule has 1 N–H and O–H groups in total. The fourth-order valence-electron chi connectivity index (χ4n) is 3.42. The molecular formula is C29H36O5. The number of unbranched alkanes of at least 4 members (excludes halogenated alkanes) is 4. The van der Waals surface area contributed by atoms with Gasteiger partial charge in [0.05, 0.1) is 5.56 Å². The van der Waals surface area contributed by atoms with E-state index in [4.69, 9.17) is 14.6 Å². The molecule has 0 radical (unpaired) electrons. The third kappa shape index (κ3) is 10.1. The Hall–Kier alpha value is -3.34. The fourth-order valence-corrected chi connectivity index (χ4v) is 3.42. The van der Waals surface area contributed by atoms with Gasteiger partial charge in [0.25, 0.3) is 0 Å². The second kappa shape index (κ2) is 15.5. The number of hydrogen-bond acceptors (Lipinski definition) is 4. The first-order valence-electron chi connectivity index (χ1n) is 12.1. The van der Waals surface area contributed by atoms with Crippen LogP contribution in [0.15, 0.2) is 60.7 Å². The Morgan fingerprint density at radius 2 is 1.68 bits per heavy atom. The van der Waals surface area contributed by atoms with Crippen LogP contribution in [0, 0.1) is 0 Å². The number of hydrogen-bond donors (Lipinski definition) is 1. The van der Waals surface area contributed by atoms with E-state index < -0.39 is 12.6 Å². The maximum absolute atomic E-state index is 12.8. The maximum atomic E-state index is 12.8. The van der Waals surface area contributed by atoms with Crippen LogP contribution in [0.1, 0.15) is 73.9 Å². The lowest BCUT2D eigenvalue weighted by Crippen LogP contribution is -2.12. The normalized spacial score (nSPS) is 11.2. The second-order valence-corrected chi connectivity index (χ2v) is 8.13. The number of rotatable bonds is 16. The van der Waals surface area contributed by atoms with Gasteiger partial charge in [-0.05, 0) is 48.6 Å². The van der Waals surface area contributed by atoms with Crippen molar-refractivity contribution in [3.05, 3.63) is 77.4 Å². The Bertz CT molecular complexity index is 957. The first-order chi connectivity index (χ1) is 16.5. The number of ketones is 1. The van der Waals surface area contributed by atoms with Crippen LogP contribution >= 0.6 is 0 Å². The molecule has 0 saturated carbocycles. The van der Waals surface area contributed by atoms with E-state index in [2.05, 4.69) is 19.1 Å². The van der Waals surface area contributed by atoms with Gasteiger partial charge >= 0.3 is 5.97 Å². The molecule has 0 aliphatic rings. The number of benzene rings is 2. The van der Waals surface area contributed by atoms with Crippen LogP contribution < -0.4 is 9.47 Å². The van der Waals surface area contributed by atoms with Gasteiger partial charge in [0.1, 0.15) is 18.1 Å². The van der Waals surface area contributed by atoms with E-state index in [9.17, 15) is 9.59 Å². The molecule has 2 rings (SSSR count). The van der Waals surface area contributed by atoms with Crippen LogP contribution in [0.4, 0.5) is 0 Å². The topological polar surface area (TPSA) is 72.8 Å². The van der Waals surface area contributed by atoms with Gasteiger partial charge in [-0.25, -0.2) is 4.79 Å². The molecule has 0 aliphatic heterocycles. The quantitative estimate of drug-likeness (QED) is 0.127. The Kier molecular flexibility index (Phi) is 12.3. The van der Waals surface area contributed by atoms with Crippen molar-refractivity contribution in [1.82, 2.24) is 0 Å². The van der Waals surface area contributed by atoms with Crippen LogP contribution in [-0.2, 0) is 11.2 Å². The summed E-state index contributed by atoms with van der Waals surface area (Å²) in [5.41, 5.74) is 2.52. The van der Waals surface area contributed by atoms with Crippen molar-refractivity contribution in [2.75, 3.05) is 13.2 Å². The Labute approximate surface area is 203 Å². The summed E-state index contributed by atoms with van der Waals surface area (Å²) in [5.74, 6) is -0.686. The minimum absolute atomic E-state index is 0.187. The first-order valence-corrected chi connectivity index (χ1v) is 12.1. The number of carbonyl (C=O) groups is 2. The summed E-state index contributed by atoms with van der Waals surface area (Å²) in [4.78, 5) is 23.8. The van der Waals surface area contributed by atoms with Crippen molar-refractivity contribution < 1.29 is 24.2 Å². The van der Waals surface area contributed by atoms with Crippen molar-refractivity contribution in [3.8, 4) is 11.5 Å². The van der Waals surface area contributed by atoms with Crippen LogP contribution in [0.5, 0.6) is 11.5 Å². The average Bonchev–Trinajstić information content (AvgIpc) is 2.84. The predicted molar refractivity (Wildman–Crippen MR) is 137 cm³/mol. The molecule has 182 valence electrons. The van der Waals surface area contributed by atoms with Gasteiger partial charge in [0.2, 0.25) is 0 Å². The SMILES string of the molecule is CC/C=C/COc1ccc(C(=O)/C=C/c2ccc(CCCCCCC)cc2)c(OCC(=O)O)c1. The molecule has 0 bridgehead atoms. The Balaban J connectivity index is 2.03. The van der Waals surface area contributed by atoms with Crippen molar-refractivity contribution in [2.45, 2.75) is 58.8 Å². The van der Waals surface area contributed by atoms with Gasteiger partial charge in [-0.1, -0.05) is 82.0 Å². The van der Waals surface area contributed by atoms with E-state index in [1.807, 2.05) is 31.2 Å². The summed E-state index contributed by atoms with van der Waals surface area (Å²) >= 11 is 0. The predicted octanol–water partition coefficient (Wildman–Crippen LogP) is 6.90. The highest BCUT2D eigenvalue weighted by Gasteiger charge is 2.13. The third-order valence-corrected chi connectivity index (χ3v) is 5.29. The minimum atomic E-state index is -1.11. The lowest BCUT2D eigenvalue weighted by molar-refractivity contribution is -0.139. The largest absolute Gasteiger partial charge is 0.489 e. The fraction of sp³-hybridized carbons (Fsp3) is 0.379. The zero-order valence-corrected chi connectivity index (χ0v) is 20.3. The molecule has 0 amide bonds. The van der Waals surface area contributed by atoms with Gasteiger partial charge in [-0.3, -0.25) is 4.79 Å². The number of ether oxygens (including phenoxy) is 2. The van der Waals surface area contributed by atoms with Gasteiger partial charge < -0.3 is 14.6 Å². The van der Waals surface area contributed by atoms with Gasteiger partial charge in [0.15, 0.2) is 12.4 Å². The molecule has 0 saturated heterocycles. The second-order valence-electron chi connectivity index (χ2n) is 8.13. The first kappa shape index (κ1) is 26.9. The molecular weight excluding hydrogens is 428 g/mol. The minimum Gasteiger partial charge on any atom is -0.489 e. The molecule has 0 aromatic heterocycles. The van der Waals surface area contributed by atoms with E-state index in [1.165, 1.54) is 43.7 Å². The van der Waals surface area contributed by atoms with E-state index in [-0.39, 0.29) is 17.1 Å². The monoisotopic (exact) mass is 464 g/mol. The number of allylic oxidation sites excluding steroid dienone is 2. The zero-order chi connectivity index (χ0) is 24.6. The highest BCUT2D eigenvalue weighted by molar-refractivity contribution is 6.08. The molecule has 0 fully saturated rings. The summed E-state index contributed by atoms with van der Waals surface area (Å²) in [7, 11) is 0. The summed E-state index contributed by atoms with van der Waals surface area (Å²) in [6.07, 6.45) is 15.4. The van der Waals surface area contributed by atoms with E-state index in [0.29, 0.717) is 12.4 Å². The Morgan fingerprint density at radius 3 is 2.38 bits per heavy atom. The molecule has 0 unspecified atom stereocenters. The Morgan fingerprint density at radius 1 is 0.912 bits per heavy atom. The molecule has 2 aromatic rings. The smallest absolute Gasteiger partial charge is 0.341 e. The summed E-state index contributed by atoms with van der Waals surface area (Å²) in [6.45, 7) is 4.10. The van der Waals surface area contributed by atoms with Crippen molar-refractivity contribution >= 4 is 17.8 Å². The lowest BCUT2D eigenvalue weighted by Gasteiger charge is -2.11. The van der Waals surface area contributed by atoms with Crippen LogP contribution in [0.25, 0.3) is 6.08 Å². The van der Waals surface area contributed by atoms with Crippen molar-refractivity contribution in [2.24, 2.45) is 0 Å². The summed E-state index contributed by atoms with van der Waals surface area (Å²) in [5, 5.41) is 8.98. The van der Waals surface area contributed by atoms with Crippen LogP contribution in [0.2, 0.25) is 0 Å². The molecule has 0 aliphatic carbocycles. The van der Waals surface area contributed by atoms with Crippen LogP contribution in [0.3, 0.4) is 0 Å².